The predicted octanol–water partition coefficient (Wildman–Crippen LogP) is 3.04. The summed E-state index contributed by atoms with van der Waals surface area (Å²) >= 11 is 0. The van der Waals surface area contributed by atoms with Crippen LogP contribution < -0.4 is 4.90 Å². The highest BCUT2D eigenvalue weighted by atomic mass is 19.4. The Bertz CT molecular complexity index is 513. The number of pyridine rings is 1. The van der Waals surface area contributed by atoms with Crippen LogP contribution in [0.3, 0.4) is 0 Å². The van der Waals surface area contributed by atoms with E-state index < -0.39 is 17.8 Å². The number of carbonyl (C=O) groups is 1. The van der Waals surface area contributed by atoms with Crippen molar-refractivity contribution in [2.45, 2.75) is 19.5 Å². The van der Waals surface area contributed by atoms with E-state index >= 15 is 0 Å². The second-order valence-electron chi connectivity index (χ2n) is 4.20. The molecule has 0 aliphatic heterocycles. The smallest absolute Gasteiger partial charge is 0.433 e. The standard InChI is InChI=1S/C13H15F3N2O2/c1-3-8-18(2)12-9(5-7-11(19)20)4-6-10(17-12)13(14,15)16/h4-7H,3,8H2,1-2H3,(H,19,20)/b7-5+. The minimum Gasteiger partial charge on any atom is -0.478 e. The van der Waals surface area contributed by atoms with E-state index in [0.29, 0.717) is 12.1 Å². The number of anilines is 1. The molecule has 0 saturated carbocycles. The molecule has 0 radical (unpaired) electrons. The predicted molar refractivity (Wildman–Crippen MR) is 69.5 cm³/mol. The number of aliphatic carboxylic acids is 1. The SMILES string of the molecule is CCCN(C)c1nc(C(F)(F)F)ccc1/C=C/C(=O)O. The molecule has 1 aromatic heterocycles. The molecule has 0 unspecified atom stereocenters. The molecule has 0 spiro atoms. The molecule has 0 amide bonds. The Morgan fingerprint density at radius 1 is 1.45 bits per heavy atom. The van der Waals surface area contributed by atoms with E-state index in [-0.39, 0.29) is 5.82 Å². The zero-order chi connectivity index (χ0) is 15.3. The fourth-order valence-corrected chi connectivity index (χ4v) is 1.66. The zero-order valence-electron chi connectivity index (χ0n) is 11.1. The van der Waals surface area contributed by atoms with E-state index in [9.17, 15) is 18.0 Å². The normalized spacial score (nSPS) is 11.8. The summed E-state index contributed by atoms with van der Waals surface area (Å²) in [6, 6.07) is 2.06. The van der Waals surface area contributed by atoms with Crippen LogP contribution in [0.25, 0.3) is 6.08 Å². The molecule has 1 rings (SSSR count). The van der Waals surface area contributed by atoms with E-state index in [1.807, 2.05) is 6.92 Å². The Labute approximate surface area is 114 Å². The van der Waals surface area contributed by atoms with Crippen LogP contribution in [0, 0.1) is 0 Å². The van der Waals surface area contributed by atoms with Crippen molar-refractivity contribution < 1.29 is 23.1 Å². The van der Waals surface area contributed by atoms with Crippen LogP contribution in [0.2, 0.25) is 0 Å². The molecule has 20 heavy (non-hydrogen) atoms. The lowest BCUT2D eigenvalue weighted by atomic mass is 10.2. The second-order valence-corrected chi connectivity index (χ2v) is 4.20. The highest BCUT2D eigenvalue weighted by molar-refractivity contribution is 5.86. The molecule has 0 bridgehead atoms. The van der Waals surface area contributed by atoms with Gasteiger partial charge in [0.05, 0.1) is 0 Å². The molecule has 110 valence electrons. The maximum atomic E-state index is 12.7. The molecule has 0 aromatic carbocycles. The first-order valence-corrected chi connectivity index (χ1v) is 5.96. The molecule has 1 N–H and O–H groups in total. The van der Waals surface area contributed by atoms with Gasteiger partial charge in [0.1, 0.15) is 11.5 Å². The van der Waals surface area contributed by atoms with Crippen molar-refractivity contribution in [1.82, 2.24) is 4.98 Å². The molecule has 7 heteroatoms. The number of carboxylic acid groups (broad SMARTS) is 1. The van der Waals surface area contributed by atoms with Crippen molar-refractivity contribution in [2.75, 3.05) is 18.5 Å². The van der Waals surface area contributed by atoms with Crippen molar-refractivity contribution in [3.05, 3.63) is 29.5 Å². The molecule has 0 saturated heterocycles. The van der Waals surface area contributed by atoms with Crippen molar-refractivity contribution in [3.8, 4) is 0 Å². The van der Waals surface area contributed by atoms with Gasteiger partial charge in [-0.3, -0.25) is 0 Å². The second kappa shape index (κ2) is 6.40. The van der Waals surface area contributed by atoms with Crippen LogP contribution >= 0.6 is 0 Å². The minimum atomic E-state index is -4.53. The van der Waals surface area contributed by atoms with Gasteiger partial charge in [-0.25, -0.2) is 9.78 Å². The first kappa shape index (κ1) is 16.0. The fraction of sp³-hybridized carbons (Fsp3) is 0.385. The fourth-order valence-electron chi connectivity index (χ4n) is 1.66. The summed E-state index contributed by atoms with van der Waals surface area (Å²) in [7, 11) is 1.62. The van der Waals surface area contributed by atoms with E-state index in [1.165, 1.54) is 12.1 Å². The summed E-state index contributed by atoms with van der Waals surface area (Å²) < 4.78 is 38.0. The average molecular weight is 288 g/mol. The minimum absolute atomic E-state index is 0.110. The van der Waals surface area contributed by atoms with E-state index in [1.54, 1.807) is 11.9 Å². The molecule has 0 aliphatic carbocycles. The first-order chi connectivity index (χ1) is 9.25. The van der Waals surface area contributed by atoms with Gasteiger partial charge in [-0.2, -0.15) is 13.2 Å². The number of aromatic nitrogens is 1. The van der Waals surface area contributed by atoms with Gasteiger partial charge in [-0.1, -0.05) is 6.92 Å². The van der Waals surface area contributed by atoms with Gasteiger partial charge in [0.25, 0.3) is 0 Å². The van der Waals surface area contributed by atoms with Gasteiger partial charge >= 0.3 is 12.1 Å². The number of nitrogens with zero attached hydrogens (tertiary/aromatic N) is 2. The average Bonchev–Trinajstić information content (AvgIpc) is 2.35. The van der Waals surface area contributed by atoms with Crippen LogP contribution in [-0.2, 0) is 11.0 Å². The van der Waals surface area contributed by atoms with Gasteiger partial charge in [-0.15, -0.1) is 0 Å². The summed E-state index contributed by atoms with van der Waals surface area (Å²) in [5.74, 6) is -1.06. The zero-order valence-corrected chi connectivity index (χ0v) is 11.1. The van der Waals surface area contributed by atoms with Gasteiger partial charge in [0.2, 0.25) is 0 Å². The third-order valence-electron chi connectivity index (χ3n) is 2.52. The van der Waals surface area contributed by atoms with Gasteiger partial charge in [-0.05, 0) is 24.6 Å². The monoisotopic (exact) mass is 288 g/mol. The topological polar surface area (TPSA) is 53.4 Å². The van der Waals surface area contributed by atoms with Gasteiger partial charge < -0.3 is 10.0 Å². The van der Waals surface area contributed by atoms with E-state index in [0.717, 1.165) is 18.6 Å². The number of hydrogen-bond acceptors (Lipinski definition) is 3. The lowest BCUT2D eigenvalue weighted by Crippen LogP contribution is -2.22. The number of halogens is 3. The number of rotatable bonds is 5. The highest BCUT2D eigenvalue weighted by Crippen LogP contribution is 2.30. The van der Waals surface area contributed by atoms with Crippen LogP contribution in [-0.4, -0.2) is 29.7 Å². The summed E-state index contributed by atoms with van der Waals surface area (Å²) in [6.45, 7) is 2.40. The van der Waals surface area contributed by atoms with Crippen LogP contribution in [0.1, 0.15) is 24.6 Å². The molecule has 0 fully saturated rings. The van der Waals surface area contributed by atoms with Gasteiger partial charge in [0, 0.05) is 25.2 Å². The van der Waals surface area contributed by atoms with Gasteiger partial charge in [0.15, 0.2) is 0 Å². The Morgan fingerprint density at radius 3 is 2.60 bits per heavy atom. The van der Waals surface area contributed by atoms with E-state index in [2.05, 4.69) is 4.98 Å². The molecule has 0 atom stereocenters. The third-order valence-corrected chi connectivity index (χ3v) is 2.52. The van der Waals surface area contributed by atoms with Crippen LogP contribution in [0.5, 0.6) is 0 Å². The maximum absolute atomic E-state index is 12.7. The Morgan fingerprint density at radius 2 is 2.10 bits per heavy atom. The largest absolute Gasteiger partial charge is 0.478 e. The maximum Gasteiger partial charge on any atom is 0.433 e. The molecule has 0 aliphatic rings. The summed E-state index contributed by atoms with van der Waals surface area (Å²) in [4.78, 5) is 15.7. The Balaban J connectivity index is 3.26. The van der Waals surface area contributed by atoms with Crippen molar-refractivity contribution in [2.24, 2.45) is 0 Å². The molecular weight excluding hydrogens is 273 g/mol. The first-order valence-electron chi connectivity index (χ1n) is 5.96. The molecule has 1 heterocycles. The quantitative estimate of drug-likeness (QED) is 0.846. The third kappa shape index (κ3) is 4.25. The lowest BCUT2D eigenvalue weighted by Gasteiger charge is -2.20. The molecule has 4 nitrogen and oxygen atoms in total. The highest BCUT2D eigenvalue weighted by Gasteiger charge is 2.33. The summed E-state index contributed by atoms with van der Waals surface area (Å²) in [6.07, 6.45) is -1.70. The molecule has 1 aromatic rings. The number of hydrogen-bond donors (Lipinski definition) is 1. The van der Waals surface area contributed by atoms with Crippen molar-refractivity contribution in [3.63, 3.8) is 0 Å². The number of carboxylic acids is 1. The van der Waals surface area contributed by atoms with Crippen molar-refractivity contribution >= 4 is 17.9 Å². The Kier molecular flexibility index (Phi) is 5.12. The Hall–Kier alpha value is -2.05. The molecular formula is C13H15F3N2O2. The van der Waals surface area contributed by atoms with Crippen LogP contribution in [0.15, 0.2) is 18.2 Å². The van der Waals surface area contributed by atoms with Crippen LogP contribution in [0.4, 0.5) is 19.0 Å². The van der Waals surface area contributed by atoms with Crippen molar-refractivity contribution in [1.29, 1.82) is 0 Å². The van der Waals surface area contributed by atoms with E-state index in [4.69, 9.17) is 5.11 Å². The number of alkyl halides is 3. The lowest BCUT2D eigenvalue weighted by molar-refractivity contribution is -0.141. The summed E-state index contributed by atoms with van der Waals surface area (Å²) in [5.41, 5.74) is -0.667. The summed E-state index contributed by atoms with van der Waals surface area (Å²) in [5, 5.41) is 8.59.